The zero-order valence-electron chi connectivity index (χ0n) is 18.1. The monoisotopic (exact) mass is 462 g/mol. The van der Waals surface area contributed by atoms with Gasteiger partial charge in [0, 0.05) is 31.4 Å². The van der Waals surface area contributed by atoms with Gasteiger partial charge in [-0.05, 0) is 56.8 Å². The van der Waals surface area contributed by atoms with E-state index in [1.807, 2.05) is 13.8 Å². The van der Waals surface area contributed by atoms with Gasteiger partial charge in [-0.2, -0.15) is 0 Å². The fourth-order valence-electron chi connectivity index (χ4n) is 2.95. The third-order valence-corrected chi connectivity index (χ3v) is 5.85. The third kappa shape index (κ3) is 6.02. The van der Waals surface area contributed by atoms with Gasteiger partial charge in [-0.25, -0.2) is 4.79 Å². The van der Waals surface area contributed by atoms with Crippen LogP contribution in [0.3, 0.4) is 0 Å². The van der Waals surface area contributed by atoms with E-state index in [4.69, 9.17) is 17.0 Å². The van der Waals surface area contributed by atoms with Gasteiger partial charge in [0.15, 0.2) is 5.11 Å². The first-order valence-corrected chi connectivity index (χ1v) is 10.9. The van der Waals surface area contributed by atoms with Crippen LogP contribution in [0.25, 0.3) is 0 Å². The summed E-state index contributed by atoms with van der Waals surface area (Å²) in [6.45, 7) is 8.08. The quantitative estimate of drug-likeness (QED) is 0.421. The summed E-state index contributed by atoms with van der Waals surface area (Å²) in [4.78, 5) is 38.7. The standard InChI is InChI=1S/C21H26N4O4S2/c1-6-25(7-2)19(27)17-12(3)16(20(28)29-5)18(31-17)24-21(30)23-15-10-8-9-14(11-15)22-13(4)26/h8-11H,6-7H2,1-5H3,(H,22,26)(H2,23,24,30). The van der Waals surface area contributed by atoms with E-state index in [1.165, 1.54) is 14.0 Å². The third-order valence-electron chi connectivity index (χ3n) is 4.45. The van der Waals surface area contributed by atoms with Crippen molar-refractivity contribution in [2.45, 2.75) is 27.7 Å². The molecule has 8 nitrogen and oxygen atoms in total. The van der Waals surface area contributed by atoms with Crippen molar-refractivity contribution >= 4 is 62.8 Å². The van der Waals surface area contributed by atoms with Crippen LogP contribution in [0.5, 0.6) is 0 Å². The highest BCUT2D eigenvalue weighted by molar-refractivity contribution is 7.80. The number of methoxy groups -OCH3 is 1. The average Bonchev–Trinajstić information content (AvgIpc) is 3.03. The molecule has 0 saturated heterocycles. The van der Waals surface area contributed by atoms with Crippen LogP contribution in [0, 0.1) is 6.92 Å². The number of hydrogen-bond acceptors (Lipinski definition) is 6. The van der Waals surface area contributed by atoms with E-state index < -0.39 is 5.97 Å². The molecule has 2 rings (SSSR count). The maximum absolute atomic E-state index is 12.9. The number of carbonyl (C=O) groups is 3. The predicted molar refractivity (Wildman–Crippen MR) is 128 cm³/mol. The van der Waals surface area contributed by atoms with Gasteiger partial charge in [0.2, 0.25) is 5.91 Å². The molecule has 166 valence electrons. The molecule has 31 heavy (non-hydrogen) atoms. The minimum absolute atomic E-state index is 0.146. The molecule has 2 amide bonds. The van der Waals surface area contributed by atoms with Gasteiger partial charge in [0.1, 0.15) is 5.00 Å². The maximum Gasteiger partial charge on any atom is 0.341 e. The Morgan fingerprint density at radius 2 is 1.71 bits per heavy atom. The molecular formula is C21H26N4O4S2. The lowest BCUT2D eigenvalue weighted by atomic mass is 10.1. The van der Waals surface area contributed by atoms with Crippen LogP contribution in [0.4, 0.5) is 16.4 Å². The van der Waals surface area contributed by atoms with E-state index in [0.29, 0.717) is 39.9 Å². The second-order valence-corrected chi connectivity index (χ2v) is 8.00. The van der Waals surface area contributed by atoms with E-state index in [1.54, 1.807) is 36.1 Å². The molecule has 0 aliphatic rings. The van der Waals surface area contributed by atoms with Crippen LogP contribution >= 0.6 is 23.6 Å². The summed E-state index contributed by atoms with van der Waals surface area (Å²) >= 11 is 6.56. The van der Waals surface area contributed by atoms with E-state index in [0.717, 1.165) is 11.3 Å². The van der Waals surface area contributed by atoms with Crippen molar-refractivity contribution in [3.63, 3.8) is 0 Å². The van der Waals surface area contributed by atoms with Gasteiger partial charge in [-0.3, -0.25) is 9.59 Å². The van der Waals surface area contributed by atoms with Crippen molar-refractivity contribution in [2.75, 3.05) is 36.1 Å². The van der Waals surface area contributed by atoms with E-state index in [9.17, 15) is 14.4 Å². The highest BCUT2D eigenvalue weighted by Crippen LogP contribution is 2.34. The molecule has 3 N–H and O–H groups in total. The molecule has 10 heteroatoms. The van der Waals surface area contributed by atoms with Gasteiger partial charge >= 0.3 is 5.97 Å². The second kappa shape index (κ2) is 10.9. The van der Waals surface area contributed by atoms with Gasteiger partial charge < -0.3 is 25.6 Å². The van der Waals surface area contributed by atoms with E-state index in [-0.39, 0.29) is 22.5 Å². The normalized spacial score (nSPS) is 10.2. The Hall–Kier alpha value is -2.98. The second-order valence-electron chi connectivity index (χ2n) is 6.57. The number of nitrogens with zero attached hydrogens (tertiary/aromatic N) is 1. The minimum Gasteiger partial charge on any atom is -0.465 e. The summed E-state index contributed by atoms with van der Waals surface area (Å²) in [7, 11) is 1.29. The molecule has 0 spiro atoms. The summed E-state index contributed by atoms with van der Waals surface area (Å²) < 4.78 is 4.92. The summed E-state index contributed by atoms with van der Waals surface area (Å²) in [5.74, 6) is -0.877. The first kappa shape index (κ1) is 24.3. The molecule has 0 atom stereocenters. The summed E-state index contributed by atoms with van der Waals surface area (Å²) in [6, 6.07) is 7.04. The number of hydrogen-bond donors (Lipinski definition) is 3. The molecule has 0 saturated carbocycles. The fourth-order valence-corrected chi connectivity index (χ4v) is 4.40. The highest BCUT2D eigenvalue weighted by atomic mass is 32.1. The number of carbonyl (C=O) groups excluding carboxylic acids is 3. The number of rotatable bonds is 7. The van der Waals surface area contributed by atoms with Crippen LogP contribution in [0.15, 0.2) is 24.3 Å². The van der Waals surface area contributed by atoms with E-state index >= 15 is 0 Å². The Morgan fingerprint density at radius 1 is 1.10 bits per heavy atom. The molecule has 1 aromatic heterocycles. The minimum atomic E-state index is -0.551. The topological polar surface area (TPSA) is 99.8 Å². The molecule has 1 heterocycles. The van der Waals surface area contributed by atoms with E-state index in [2.05, 4.69) is 16.0 Å². The number of esters is 1. The van der Waals surface area contributed by atoms with Crippen LogP contribution in [0.2, 0.25) is 0 Å². The number of thiophene rings is 1. The average molecular weight is 463 g/mol. The number of benzene rings is 1. The van der Waals surface area contributed by atoms with Crippen molar-refractivity contribution in [1.29, 1.82) is 0 Å². The van der Waals surface area contributed by atoms with Crippen molar-refractivity contribution < 1.29 is 19.1 Å². The Morgan fingerprint density at radius 3 is 2.26 bits per heavy atom. The predicted octanol–water partition coefficient (Wildman–Crippen LogP) is 4.09. The molecule has 0 aliphatic heterocycles. The van der Waals surface area contributed by atoms with Crippen LogP contribution in [-0.2, 0) is 9.53 Å². The molecule has 0 bridgehead atoms. The number of thiocarbonyl (C=S) groups is 1. The van der Waals surface area contributed by atoms with Crippen molar-refractivity contribution in [1.82, 2.24) is 4.90 Å². The van der Waals surface area contributed by atoms with Gasteiger partial charge in [-0.15, -0.1) is 11.3 Å². The van der Waals surface area contributed by atoms with Gasteiger partial charge in [0.05, 0.1) is 17.6 Å². The Balaban J connectivity index is 2.30. The summed E-state index contributed by atoms with van der Waals surface area (Å²) in [6.07, 6.45) is 0. The SMILES string of the molecule is CCN(CC)C(=O)c1sc(NC(=S)Nc2cccc(NC(C)=O)c2)c(C(=O)OC)c1C. The molecule has 0 aliphatic carbocycles. The number of ether oxygens (including phenoxy) is 1. The highest BCUT2D eigenvalue weighted by Gasteiger charge is 2.27. The molecule has 0 fully saturated rings. The number of anilines is 3. The van der Waals surface area contributed by atoms with Crippen LogP contribution in [-0.4, -0.2) is 48.0 Å². The first-order valence-electron chi connectivity index (χ1n) is 9.68. The molecular weight excluding hydrogens is 436 g/mol. The van der Waals surface area contributed by atoms with Crippen molar-refractivity contribution in [3.05, 3.63) is 40.3 Å². The maximum atomic E-state index is 12.9. The van der Waals surface area contributed by atoms with Gasteiger partial charge in [-0.1, -0.05) is 6.07 Å². The molecule has 0 unspecified atom stereocenters. The lowest BCUT2D eigenvalue weighted by Gasteiger charge is -2.18. The number of amides is 2. The Kier molecular flexibility index (Phi) is 8.52. The fraction of sp³-hybridized carbons (Fsp3) is 0.333. The lowest BCUT2D eigenvalue weighted by Crippen LogP contribution is -2.30. The van der Waals surface area contributed by atoms with Gasteiger partial charge in [0.25, 0.3) is 5.91 Å². The van der Waals surface area contributed by atoms with Crippen LogP contribution in [0.1, 0.15) is 46.4 Å². The largest absolute Gasteiger partial charge is 0.465 e. The zero-order chi connectivity index (χ0) is 23.1. The summed E-state index contributed by atoms with van der Waals surface area (Å²) in [5, 5.41) is 9.38. The molecule has 1 aromatic carbocycles. The molecule has 2 aromatic rings. The zero-order valence-corrected chi connectivity index (χ0v) is 19.8. The molecule has 0 radical (unpaired) electrons. The Bertz CT molecular complexity index is 999. The Labute approximate surface area is 191 Å². The first-order chi connectivity index (χ1) is 14.7. The summed E-state index contributed by atoms with van der Waals surface area (Å²) in [5.41, 5.74) is 2.09. The number of nitrogens with one attached hydrogen (secondary N) is 3. The lowest BCUT2D eigenvalue weighted by molar-refractivity contribution is -0.114. The smallest absolute Gasteiger partial charge is 0.341 e. The van der Waals surface area contributed by atoms with Crippen molar-refractivity contribution in [3.8, 4) is 0 Å². The van der Waals surface area contributed by atoms with Crippen LogP contribution < -0.4 is 16.0 Å². The van der Waals surface area contributed by atoms with Crippen molar-refractivity contribution in [2.24, 2.45) is 0 Å².